The summed E-state index contributed by atoms with van der Waals surface area (Å²) in [6.45, 7) is 0. The van der Waals surface area contributed by atoms with Gasteiger partial charge in [-0.25, -0.2) is 0 Å². The monoisotopic (exact) mass is 267 g/mol. The number of carbonyl (C=O) groups excluding carboxylic acids is 1. The summed E-state index contributed by atoms with van der Waals surface area (Å²) in [5, 5.41) is 2.95. The van der Waals surface area contributed by atoms with Crippen LogP contribution < -0.4 is 5.32 Å². The molecule has 0 saturated carbocycles. The number of amides is 1. The topological polar surface area (TPSA) is 55.4 Å². The molecule has 0 aliphatic rings. The van der Waals surface area contributed by atoms with Gasteiger partial charge < -0.3 is 14.2 Å². The van der Waals surface area contributed by atoms with Crippen LogP contribution in [0.2, 0.25) is 0 Å². The van der Waals surface area contributed by atoms with Crippen LogP contribution in [0.25, 0.3) is 0 Å². The Kier molecular flexibility index (Phi) is 3.37. The highest BCUT2D eigenvalue weighted by atomic mass is 16.3. The van der Waals surface area contributed by atoms with Gasteiger partial charge in [-0.15, -0.1) is 0 Å². The van der Waals surface area contributed by atoms with Crippen LogP contribution in [-0.2, 0) is 0 Å². The Hall–Kier alpha value is -2.75. The van der Waals surface area contributed by atoms with Crippen LogP contribution >= 0.6 is 0 Å². The van der Waals surface area contributed by atoms with Crippen molar-refractivity contribution in [3.63, 3.8) is 0 Å². The molecular weight excluding hydrogens is 254 g/mol. The van der Waals surface area contributed by atoms with E-state index >= 15 is 0 Å². The first-order valence-electron chi connectivity index (χ1n) is 6.26. The second kappa shape index (κ2) is 5.48. The zero-order valence-electron chi connectivity index (χ0n) is 10.7. The summed E-state index contributed by atoms with van der Waals surface area (Å²) in [6.07, 6.45) is 4.48. The zero-order valence-corrected chi connectivity index (χ0v) is 10.7. The van der Waals surface area contributed by atoms with Crippen LogP contribution in [0.1, 0.15) is 27.7 Å². The number of furan rings is 2. The standard InChI is InChI=1S/C16H13NO3/c18-16(13-8-10-19-11-13)17-15(14-7-4-9-20-14)12-5-2-1-3-6-12/h1-11,15H,(H,17,18). The van der Waals surface area contributed by atoms with Gasteiger partial charge in [0.1, 0.15) is 18.1 Å². The first-order valence-corrected chi connectivity index (χ1v) is 6.26. The molecule has 1 N–H and O–H groups in total. The minimum atomic E-state index is -0.325. The van der Waals surface area contributed by atoms with Gasteiger partial charge in [0.15, 0.2) is 0 Å². The van der Waals surface area contributed by atoms with E-state index in [1.54, 1.807) is 18.4 Å². The molecule has 0 aliphatic carbocycles. The fourth-order valence-corrected chi connectivity index (χ4v) is 2.03. The van der Waals surface area contributed by atoms with Crippen LogP contribution in [0.15, 0.2) is 76.2 Å². The van der Waals surface area contributed by atoms with Gasteiger partial charge in [-0.2, -0.15) is 0 Å². The SMILES string of the molecule is O=C(NC(c1ccccc1)c1ccco1)c1ccoc1. The predicted octanol–water partition coefficient (Wildman–Crippen LogP) is 3.39. The maximum Gasteiger partial charge on any atom is 0.255 e. The summed E-state index contributed by atoms with van der Waals surface area (Å²) in [5.74, 6) is 0.483. The smallest absolute Gasteiger partial charge is 0.255 e. The van der Waals surface area contributed by atoms with Gasteiger partial charge in [0.05, 0.1) is 18.1 Å². The van der Waals surface area contributed by atoms with Gasteiger partial charge >= 0.3 is 0 Å². The van der Waals surface area contributed by atoms with Crippen molar-refractivity contribution >= 4 is 5.91 Å². The van der Waals surface area contributed by atoms with Crippen molar-refractivity contribution in [1.82, 2.24) is 5.32 Å². The van der Waals surface area contributed by atoms with Gasteiger partial charge in [0.25, 0.3) is 5.91 Å². The Morgan fingerprint density at radius 1 is 1.00 bits per heavy atom. The second-order valence-electron chi connectivity index (χ2n) is 4.34. The van der Waals surface area contributed by atoms with Gasteiger partial charge in [-0.1, -0.05) is 30.3 Å². The second-order valence-corrected chi connectivity index (χ2v) is 4.34. The molecule has 1 unspecified atom stereocenters. The highest BCUT2D eigenvalue weighted by Gasteiger charge is 2.20. The van der Waals surface area contributed by atoms with E-state index in [0.717, 1.165) is 5.56 Å². The average molecular weight is 267 g/mol. The highest BCUT2D eigenvalue weighted by Crippen LogP contribution is 2.22. The van der Waals surface area contributed by atoms with Crippen molar-refractivity contribution in [2.24, 2.45) is 0 Å². The maximum atomic E-state index is 12.2. The first kappa shape index (κ1) is 12.3. The summed E-state index contributed by atoms with van der Waals surface area (Å²) in [4.78, 5) is 12.2. The number of nitrogens with one attached hydrogen (secondary N) is 1. The molecule has 100 valence electrons. The van der Waals surface area contributed by atoms with Gasteiger partial charge in [0, 0.05) is 0 Å². The molecule has 0 bridgehead atoms. The fourth-order valence-electron chi connectivity index (χ4n) is 2.03. The number of rotatable bonds is 4. The van der Waals surface area contributed by atoms with Crippen molar-refractivity contribution in [1.29, 1.82) is 0 Å². The number of hydrogen-bond acceptors (Lipinski definition) is 3. The van der Waals surface area contributed by atoms with Crippen molar-refractivity contribution in [2.45, 2.75) is 6.04 Å². The van der Waals surface area contributed by atoms with Gasteiger partial charge in [0.2, 0.25) is 0 Å². The lowest BCUT2D eigenvalue weighted by molar-refractivity contribution is 0.0938. The molecule has 1 aromatic carbocycles. The molecule has 0 radical (unpaired) electrons. The Morgan fingerprint density at radius 3 is 2.50 bits per heavy atom. The molecule has 0 spiro atoms. The van der Waals surface area contributed by atoms with Crippen molar-refractivity contribution in [2.75, 3.05) is 0 Å². The highest BCUT2D eigenvalue weighted by molar-refractivity contribution is 5.94. The molecule has 4 nitrogen and oxygen atoms in total. The number of hydrogen-bond donors (Lipinski definition) is 1. The quantitative estimate of drug-likeness (QED) is 0.788. The van der Waals surface area contributed by atoms with E-state index in [2.05, 4.69) is 5.32 Å². The van der Waals surface area contributed by atoms with Crippen molar-refractivity contribution < 1.29 is 13.6 Å². The van der Waals surface area contributed by atoms with Crippen LogP contribution in [0.3, 0.4) is 0 Å². The fraction of sp³-hybridized carbons (Fsp3) is 0.0625. The minimum absolute atomic E-state index is 0.205. The van der Waals surface area contributed by atoms with Crippen LogP contribution in [0, 0.1) is 0 Å². The van der Waals surface area contributed by atoms with E-state index in [1.807, 2.05) is 36.4 Å². The molecule has 1 atom stereocenters. The summed E-state index contributed by atoms with van der Waals surface area (Å²) < 4.78 is 10.4. The predicted molar refractivity (Wildman–Crippen MR) is 73.2 cm³/mol. The molecule has 20 heavy (non-hydrogen) atoms. The van der Waals surface area contributed by atoms with E-state index in [4.69, 9.17) is 8.83 Å². The Morgan fingerprint density at radius 2 is 1.85 bits per heavy atom. The lowest BCUT2D eigenvalue weighted by Gasteiger charge is -2.16. The maximum absolute atomic E-state index is 12.2. The van der Waals surface area contributed by atoms with E-state index < -0.39 is 0 Å². The summed E-state index contributed by atoms with van der Waals surface area (Å²) in [6, 6.07) is 14.6. The molecule has 3 aromatic rings. The molecule has 3 rings (SSSR count). The van der Waals surface area contributed by atoms with Crippen LogP contribution in [0.4, 0.5) is 0 Å². The molecule has 0 saturated heterocycles. The third kappa shape index (κ3) is 2.49. The summed E-state index contributed by atoms with van der Waals surface area (Å²) in [5.41, 5.74) is 1.44. The molecule has 0 aliphatic heterocycles. The van der Waals surface area contributed by atoms with Gasteiger partial charge in [-0.05, 0) is 23.8 Å². The summed E-state index contributed by atoms with van der Waals surface area (Å²) >= 11 is 0. The molecule has 4 heteroatoms. The Labute approximate surface area is 116 Å². The van der Waals surface area contributed by atoms with Crippen LogP contribution in [0.5, 0.6) is 0 Å². The molecule has 1 amide bonds. The molecule has 2 aromatic heterocycles. The van der Waals surface area contributed by atoms with Crippen molar-refractivity contribution in [3.8, 4) is 0 Å². The van der Waals surface area contributed by atoms with Crippen LogP contribution in [-0.4, -0.2) is 5.91 Å². The van der Waals surface area contributed by atoms with E-state index in [9.17, 15) is 4.79 Å². The van der Waals surface area contributed by atoms with Crippen molar-refractivity contribution in [3.05, 3.63) is 84.2 Å². The zero-order chi connectivity index (χ0) is 13.8. The van der Waals surface area contributed by atoms with E-state index in [-0.39, 0.29) is 11.9 Å². The number of carbonyl (C=O) groups is 1. The largest absolute Gasteiger partial charge is 0.472 e. The first-order chi connectivity index (χ1) is 9.84. The van der Waals surface area contributed by atoms with E-state index in [0.29, 0.717) is 11.3 Å². The van der Waals surface area contributed by atoms with Gasteiger partial charge in [-0.3, -0.25) is 4.79 Å². The third-order valence-electron chi connectivity index (χ3n) is 3.02. The minimum Gasteiger partial charge on any atom is -0.472 e. The molecule has 2 heterocycles. The third-order valence-corrected chi connectivity index (χ3v) is 3.02. The number of benzene rings is 1. The Bertz CT molecular complexity index is 657. The molecule has 0 fully saturated rings. The lowest BCUT2D eigenvalue weighted by Crippen LogP contribution is -2.28. The summed E-state index contributed by atoms with van der Waals surface area (Å²) in [7, 11) is 0. The normalized spacial score (nSPS) is 12.0. The average Bonchev–Trinajstić information content (AvgIpc) is 3.18. The van der Waals surface area contributed by atoms with E-state index in [1.165, 1.54) is 12.5 Å². The molecular formula is C16H13NO3. The lowest BCUT2D eigenvalue weighted by atomic mass is 10.0. The Balaban J connectivity index is 1.89.